The van der Waals surface area contributed by atoms with Crippen LogP contribution in [0.1, 0.15) is 42.8 Å². The van der Waals surface area contributed by atoms with Crippen LogP contribution in [0.2, 0.25) is 0 Å². The highest BCUT2D eigenvalue weighted by molar-refractivity contribution is 5.46. The van der Waals surface area contributed by atoms with Gasteiger partial charge in [-0.15, -0.1) is 0 Å². The zero-order chi connectivity index (χ0) is 14.0. The number of aromatic nitrogens is 5. The highest BCUT2D eigenvalue weighted by Gasteiger charge is 2.15. The lowest BCUT2D eigenvalue weighted by Gasteiger charge is -2.17. The van der Waals surface area contributed by atoms with Gasteiger partial charge in [0.1, 0.15) is 23.8 Å². The molecular weight excluding hydrogens is 240 g/mol. The molecular formula is C13H20N6. The van der Waals surface area contributed by atoms with Crippen LogP contribution in [0.25, 0.3) is 0 Å². The minimum atomic E-state index is 0.0508. The SMILES string of the molecule is CCn1ncnc1[C@H](C)Nc1nc(C)nc(C)c1C. The summed E-state index contributed by atoms with van der Waals surface area (Å²) in [6.45, 7) is 10.8. The first-order valence-corrected chi connectivity index (χ1v) is 6.49. The normalized spacial score (nSPS) is 12.5. The molecule has 0 aliphatic rings. The maximum Gasteiger partial charge on any atom is 0.149 e. The van der Waals surface area contributed by atoms with Gasteiger partial charge in [-0.05, 0) is 34.6 Å². The molecule has 0 aliphatic carbocycles. The molecule has 0 saturated heterocycles. The third kappa shape index (κ3) is 2.72. The van der Waals surface area contributed by atoms with E-state index in [1.807, 2.05) is 25.5 Å². The van der Waals surface area contributed by atoms with E-state index in [0.717, 1.165) is 35.3 Å². The average molecular weight is 260 g/mol. The van der Waals surface area contributed by atoms with Crippen molar-refractivity contribution in [3.8, 4) is 0 Å². The molecule has 2 aromatic heterocycles. The van der Waals surface area contributed by atoms with Crippen LogP contribution in [0.15, 0.2) is 6.33 Å². The first-order valence-electron chi connectivity index (χ1n) is 6.49. The monoisotopic (exact) mass is 260 g/mol. The predicted octanol–water partition coefficient (Wildman–Crippen LogP) is 2.19. The van der Waals surface area contributed by atoms with Crippen molar-refractivity contribution in [2.75, 3.05) is 5.32 Å². The summed E-state index contributed by atoms with van der Waals surface area (Å²) in [5, 5.41) is 7.58. The standard InChI is InChI=1S/C13H20N6/c1-6-19-13(14-7-15-19)10(4)17-12-8(2)9(3)16-11(5)18-12/h7,10H,6H2,1-5H3,(H,16,17,18)/t10-/m0/s1. The Morgan fingerprint density at radius 2 is 2.00 bits per heavy atom. The lowest BCUT2D eigenvalue weighted by atomic mass is 10.2. The second-order valence-electron chi connectivity index (χ2n) is 4.63. The number of nitrogens with one attached hydrogen (secondary N) is 1. The number of nitrogens with zero attached hydrogens (tertiary/aromatic N) is 5. The topological polar surface area (TPSA) is 68.5 Å². The zero-order valence-electron chi connectivity index (χ0n) is 12.1. The van der Waals surface area contributed by atoms with Crippen molar-refractivity contribution in [1.29, 1.82) is 0 Å². The van der Waals surface area contributed by atoms with Crippen LogP contribution in [0, 0.1) is 20.8 Å². The molecule has 102 valence electrons. The molecule has 19 heavy (non-hydrogen) atoms. The van der Waals surface area contributed by atoms with Crippen LogP contribution in [0.5, 0.6) is 0 Å². The number of hydrogen-bond donors (Lipinski definition) is 1. The van der Waals surface area contributed by atoms with Gasteiger partial charge in [0.15, 0.2) is 0 Å². The van der Waals surface area contributed by atoms with Crippen LogP contribution in [0.4, 0.5) is 5.82 Å². The van der Waals surface area contributed by atoms with Gasteiger partial charge in [0, 0.05) is 17.8 Å². The summed E-state index contributed by atoms with van der Waals surface area (Å²) in [5.74, 6) is 2.55. The van der Waals surface area contributed by atoms with E-state index in [4.69, 9.17) is 0 Å². The molecule has 0 aromatic carbocycles. The van der Waals surface area contributed by atoms with E-state index in [0.29, 0.717) is 0 Å². The second-order valence-corrected chi connectivity index (χ2v) is 4.63. The Morgan fingerprint density at radius 1 is 1.26 bits per heavy atom. The van der Waals surface area contributed by atoms with Gasteiger partial charge in [-0.3, -0.25) is 0 Å². The van der Waals surface area contributed by atoms with E-state index < -0.39 is 0 Å². The third-order valence-electron chi connectivity index (χ3n) is 3.19. The Labute approximate surface area is 113 Å². The second kappa shape index (κ2) is 5.34. The van der Waals surface area contributed by atoms with E-state index >= 15 is 0 Å². The van der Waals surface area contributed by atoms with Crippen molar-refractivity contribution in [1.82, 2.24) is 24.7 Å². The molecule has 0 amide bonds. The Hall–Kier alpha value is -1.98. The molecule has 2 rings (SSSR count). The highest BCUT2D eigenvalue weighted by atomic mass is 15.3. The largest absolute Gasteiger partial charge is 0.360 e. The van der Waals surface area contributed by atoms with E-state index in [2.05, 4.69) is 39.2 Å². The number of anilines is 1. The molecule has 0 fully saturated rings. The summed E-state index contributed by atoms with van der Waals surface area (Å²) in [4.78, 5) is 13.1. The van der Waals surface area contributed by atoms with Crippen LogP contribution in [0.3, 0.4) is 0 Å². The van der Waals surface area contributed by atoms with E-state index in [9.17, 15) is 0 Å². The maximum absolute atomic E-state index is 4.46. The first kappa shape index (κ1) is 13.5. The van der Waals surface area contributed by atoms with Gasteiger partial charge >= 0.3 is 0 Å². The Balaban J connectivity index is 2.26. The Bertz CT molecular complexity index is 575. The van der Waals surface area contributed by atoms with Crippen LogP contribution < -0.4 is 5.32 Å². The van der Waals surface area contributed by atoms with Gasteiger partial charge in [-0.25, -0.2) is 19.6 Å². The van der Waals surface area contributed by atoms with Crippen molar-refractivity contribution >= 4 is 5.82 Å². The summed E-state index contributed by atoms with van der Waals surface area (Å²) in [5.41, 5.74) is 2.07. The van der Waals surface area contributed by atoms with Gasteiger partial charge in [0.25, 0.3) is 0 Å². The molecule has 0 saturated carbocycles. The fraction of sp³-hybridized carbons (Fsp3) is 0.538. The molecule has 1 N–H and O–H groups in total. The molecule has 6 nitrogen and oxygen atoms in total. The first-order chi connectivity index (χ1) is 9.02. The number of hydrogen-bond acceptors (Lipinski definition) is 5. The van der Waals surface area contributed by atoms with Crippen LogP contribution >= 0.6 is 0 Å². The average Bonchev–Trinajstić information content (AvgIpc) is 2.83. The molecule has 2 heterocycles. The molecule has 0 spiro atoms. The predicted molar refractivity (Wildman–Crippen MR) is 74.0 cm³/mol. The molecule has 1 atom stereocenters. The number of rotatable bonds is 4. The third-order valence-corrected chi connectivity index (χ3v) is 3.19. The van der Waals surface area contributed by atoms with Gasteiger partial charge in [-0.1, -0.05) is 0 Å². The van der Waals surface area contributed by atoms with Gasteiger partial charge in [0.2, 0.25) is 0 Å². The maximum atomic E-state index is 4.46. The van der Waals surface area contributed by atoms with Crippen molar-refractivity contribution in [2.45, 2.75) is 47.2 Å². The highest BCUT2D eigenvalue weighted by Crippen LogP contribution is 2.20. The smallest absolute Gasteiger partial charge is 0.149 e. The Kier molecular flexibility index (Phi) is 3.78. The molecule has 0 radical (unpaired) electrons. The quantitative estimate of drug-likeness (QED) is 0.912. The fourth-order valence-corrected chi connectivity index (χ4v) is 2.03. The van der Waals surface area contributed by atoms with Crippen LogP contribution in [-0.4, -0.2) is 24.7 Å². The summed E-state index contributed by atoms with van der Waals surface area (Å²) in [6, 6.07) is 0.0508. The van der Waals surface area contributed by atoms with E-state index in [1.165, 1.54) is 0 Å². The number of aryl methyl sites for hydroxylation is 3. The van der Waals surface area contributed by atoms with Crippen molar-refractivity contribution in [2.24, 2.45) is 0 Å². The lowest BCUT2D eigenvalue weighted by molar-refractivity contribution is 0.592. The van der Waals surface area contributed by atoms with Crippen molar-refractivity contribution in [3.05, 3.63) is 29.2 Å². The van der Waals surface area contributed by atoms with Crippen LogP contribution in [-0.2, 0) is 6.54 Å². The summed E-state index contributed by atoms with van der Waals surface area (Å²) >= 11 is 0. The minimum Gasteiger partial charge on any atom is -0.360 e. The van der Waals surface area contributed by atoms with Gasteiger partial charge < -0.3 is 5.32 Å². The van der Waals surface area contributed by atoms with Crippen molar-refractivity contribution in [3.63, 3.8) is 0 Å². The molecule has 2 aromatic rings. The summed E-state index contributed by atoms with van der Waals surface area (Å²) in [7, 11) is 0. The van der Waals surface area contributed by atoms with Gasteiger partial charge in [0.05, 0.1) is 6.04 Å². The lowest BCUT2D eigenvalue weighted by Crippen LogP contribution is -2.16. The molecule has 6 heteroatoms. The van der Waals surface area contributed by atoms with Gasteiger partial charge in [-0.2, -0.15) is 5.10 Å². The zero-order valence-corrected chi connectivity index (χ0v) is 12.1. The molecule has 0 aliphatic heterocycles. The molecule has 0 unspecified atom stereocenters. The van der Waals surface area contributed by atoms with E-state index in [-0.39, 0.29) is 6.04 Å². The fourth-order valence-electron chi connectivity index (χ4n) is 2.03. The molecule has 0 bridgehead atoms. The minimum absolute atomic E-state index is 0.0508. The van der Waals surface area contributed by atoms with E-state index in [1.54, 1.807) is 6.33 Å². The summed E-state index contributed by atoms with van der Waals surface area (Å²) < 4.78 is 1.88. The van der Waals surface area contributed by atoms with Crippen molar-refractivity contribution < 1.29 is 0 Å². The Morgan fingerprint density at radius 3 is 2.68 bits per heavy atom. The summed E-state index contributed by atoms with van der Waals surface area (Å²) in [6.07, 6.45) is 1.58.